The second-order valence-electron chi connectivity index (χ2n) is 5.83. The average Bonchev–Trinajstić information content (AvgIpc) is 2.67. The van der Waals surface area contributed by atoms with Crippen molar-refractivity contribution in [3.8, 4) is 5.75 Å². The number of carbonyl (C=O) groups is 1. The van der Waals surface area contributed by atoms with Crippen molar-refractivity contribution in [2.24, 2.45) is 0 Å². The maximum absolute atomic E-state index is 13.0. The van der Waals surface area contributed by atoms with E-state index >= 15 is 0 Å². The molecule has 0 aliphatic heterocycles. The molecule has 136 valence electrons. The second-order valence-corrected chi connectivity index (χ2v) is 6.26. The molecule has 3 nitrogen and oxygen atoms in total. The van der Waals surface area contributed by atoms with Crippen molar-refractivity contribution in [1.29, 1.82) is 0 Å². The first-order chi connectivity index (χ1) is 13.0. The van der Waals surface area contributed by atoms with Gasteiger partial charge in [0.05, 0.1) is 5.57 Å². The Morgan fingerprint density at radius 3 is 2.41 bits per heavy atom. The minimum Gasteiger partial charge on any atom is -0.488 e. The summed E-state index contributed by atoms with van der Waals surface area (Å²) in [5, 5.41) is 10.1. The number of aliphatic carboxylic acids is 1. The molecule has 0 amide bonds. The summed E-state index contributed by atoms with van der Waals surface area (Å²) in [6.07, 6.45) is 1.53. The largest absolute Gasteiger partial charge is 0.488 e. The van der Waals surface area contributed by atoms with E-state index in [1.165, 1.54) is 18.2 Å². The Labute approximate surface area is 161 Å². The third-order valence-electron chi connectivity index (χ3n) is 3.89. The molecule has 0 unspecified atom stereocenters. The molecule has 0 heterocycles. The molecular weight excluding hydrogens is 367 g/mol. The van der Waals surface area contributed by atoms with Gasteiger partial charge >= 0.3 is 5.97 Å². The van der Waals surface area contributed by atoms with Crippen molar-refractivity contribution in [2.75, 3.05) is 0 Å². The normalized spacial score (nSPS) is 11.3. The van der Waals surface area contributed by atoms with Crippen LogP contribution in [0.2, 0.25) is 5.02 Å². The maximum atomic E-state index is 13.0. The van der Waals surface area contributed by atoms with E-state index in [4.69, 9.17) is 16.3 Å². The molecule has 1 N–H and O–H groups in total. The fourth-order valence-electron chi connectivity index (χ4n) is 2.55. The van der Waals surface area contributed by atoms with Gasteiger partial charge in [-0.3, -0.25) is 0 Å². The molecule has 0 aliphatic carbocycles. The summed E-state index contributed by atoms with van der Waals surface area (Å²) >= 11 is 6.09. The Hall–Kier alpha value is -3.11. The van der Waals surface area contributed by atoms with Gasteiger partial charge in [0.25, 0.3) is 0 Å². The fourth-order valence-corrected chi connectivity index (χ4v) is 2.73. The topological polar surface area (TPSA) is 46.5 Å². The lowest BCUT2D eigenvalue weighted by Gasteiger charge is -2.11. The van der Waals surface area contributed by atoms with Gasteiger partial charge in [0.1, 0.15) is 18.2 Å². The van der Waals surface area contributed by atoms with Crippen LogP contribution < -0.4 is 4.74 Å². The van der Waals surface area contributed by atoms with Crippen LogP contribution in [0.15, 0.2) is 72.8 Å². The average molecular weight is 383 g/mol. The predicted molar refractivity (Wildman–Crippen MR) is 104 cm³/mol. The highest BCUT2D eigenvalue weighted by Gasteiger charge is 2.12. The van der Waals surface area contributed by atoms with Gasteiger partial charge in [0, 0.05) is 10.6 Å². The van der Waals surface area contributed by atoms with Crippen molar-refractivity contribution in [3.05, 3.63) is 100 Å². The van der Waals surface area contributed by atoms with Gasteiger partial charge in [-0.05, 0) is 47.5 Å². The van der Waals surface area contributed by atoms with Gasteiger partial charge in [-0.25, -0.2) is 9.18 Å². The first kappa shape index (κ1) is 18.7. The van der Waals surface area contributed by atoms with Crippen LogP contribution in [-0.4, -0.2) is 11.1 Å². The summed E-state index contributed by atoms with van der Waals surface area (Å²) in [4.78, 5) is 11.7. The highest BCUT2D eigenvalue weighted by Crippen LogP contribution is 2.28. The fraction of sp³-hybridized carbons (Fsp3) is 0.0455. The number of carboxylic acid groups (broad SMARTS) is 1. The lowest BCUT2D eigenvalue weighted by atomic mass is 10.0. The van der Waals surface area contributed by atoms with Crippen molar-refractivity contribution in [3.63, 3.8) is 0 Å². The Bertz CT molecular complexity index is 967. The standard InChI is InChI=1S/C22H16ClFO3/c23-18-8-11-21(27-14-15-6-9-19(24)10-7-15)17(12-18)13-20(22(25)26)16-4-2-1-3-5-16/h1-13H,14H2,(H,25,26)/b20-13-. The van der Waals surface area contributed by atoms with Crippen LogP contribution in [0, 0.1) is 5.82 Å². The molecule has 5 heteroatoms. The third-order valence-corrected chi connectivity index (χ3v) is 4.13. The van der Waals surface area contributed by atoms with Crippen LogP contribution in [0.5, 0.6) is 5.75 Å². The summed E-state index contributed by atoms with van der Waals surface area (Å²) in [6.45, 7) is 0.219. The molecule has 27 heavy (non-hydrogen) atoms. The zero-order chi connectivity index (χ0) is 19.2. The molecule has 3 aromatic rings. The van der Waals surface area contributed by atoms with E-state index in [9.17, 15) is 14.3 Å². The van der Waals surface area contributed by atoms with Crippen LogP contribution in [0.3, 0.4) is 0 Å². The Morgan fingerprint density at radius 1 is 1.04 bits per heavy atom. The maximum Gasteiger partial charge on any atom is 0.336 e. The third kappa shape index (κ3) is 4.96. The van der Waals surface area contributed by atoms with E-state index in [0.29, 0.717) is 21.9 Å². The monoisotopic (exact) mass is 382 g/mol. The van der Waals surface area contributed by atoms with Crippen molar-refractivity contribution in [1.82, 2.24) is 0 Å². The highest BCUT2D eigenvalue weighted by molar-refractivity contribution is 6.31. The zero-order valence-corrected chi connectivity index (χ0v) is 15.0. The van der Waals surface area contributed by atoms with Gasteiger partial charge in [-0.15, -0.1) is 0 Å². The number of rotatable bonds is 6. The van der Waals surface area contributed by atoms with Crippen molar-refractivity contribution in [2.45, 2.75) is 6.61 Å². The Morgan fingerprint density at radius 2 is 1.74 bits per heavy atom. The summed E-state index contributed by atoms with van der Waals surface area (Å²) in [7, 11) is 0. The van der Waals surface area contributed by atoms with E-state index < -0.39 is 5.97 Å². The minimum atomic E-state index is -1.05. The van der Waals surface area contributed by atoms with Gasteiger partial charge in [-0.2, -0.15) is 0 Å². The van der Waals surface area contributed by atoms with E-state index in [-0.39, 0.29) is 18.0 Å². The van der Waals surface area contributed by atoms with Crippen LogP contribution in [0.1, 0.15) is 16.7 Å². The van der Waals surface area contributed by atoms with E-state index in [1.807, 2.05) is 6.07 Å². The van der Waals surface area contributed by atoms with E-state index in [2.05, 4.69) is 0 Å². The van der Waals surface area contributed by atoms with Crippen molar-refractivity contribution >= 4 is 29.2 Å². The molecule has 0 aromatic heterocycles. The summed E-state index contributed by atoms with van der Waals surface area (Å²) in [5.41, 5.74) is 2.05. The van der Waals surface area contributed by atoms with Gasteiger partial charge < -0.3 is 9.84 Å². The van der Waals surface area contributed by atoms with E-state index in [0.717, 1.165) is 5.56 Å². The Balaban J connectivity index is 1.93. The lowest BCUT2D eigenvalue weighted by molar-refractivity contribution is -0.130. The summed E-state index contributed by atoms with van der Waals surface area (Å²) < 4.78 is 18.8. The number of halogens is 2. The second kappa shape index (κ2) is 8.52. The number of benzene rings is 3. The molecule has 3 rings (SSSR count). The number of hydrogen-bond acceptors (Lipinski definition) is 2. The first-order valence-electron chi connectivity index (χ1n) is 8.20. The van der Waals surface area contributed by atoms with E-state index in [1.54, 1.807) is 54.6 Å². The predicted octanol–water partition coefficient (Wildman–Crippen LogP) is 5.68. The van der Waals surface area contributed by atoms with Crippen LogP contribution in [0.4, 0.5) is 4.39 Å². The smallest absolute Gasteiger partial charge is 0.336 e. The molecule has 0 fully saturated rings. The molecule has 3 aromatic carbocycles. The summed E-state index contributed by atoms with van der Waals surface area (Å²) in [6, 6.07) is 19.8. The molecule has 0 atom stereocenters. The van der Waals surface area contributed by atoms with Gasteiger partial charge in [0.2, 0.25) is 0 Å². The number of hydrogen-bond donors (Lipinski definition) is 1. The minimum absolute atomic E-state index is 0.129. The highest BCUT2D eigenvalue weighted by atomic mass is 35.5. The molecule has 0 saturated heterocycles. The number of ether oxygens (including phenoxy) is 1. The van der Waals surface area contributed by atoms with Crippen LogP contribution in [0.25, 0.3) is 11.6 Å². The SMILES string of the molecule is O=C(O)/C(=C\c1cc(Cl)ccc1OCc1ccc(F)cc1)c1ccccc1. The summed E-state index contributed by atoms with van der Waals surface area (Å²) in [5.74, 6) is -0.883. The molecule has 0 radical (unpaired) electrons. The molecule has 0 saturated carbocycles. The quantitative estimate of drug-likeness (QED) is 0.440. The van der Waals surface area contributed by atoms with Gasteiger partial charge in [0.15, 0.2) is 0 Å². The van der Waals surface area contributed by atoms with Gasteiger partial charge in [-0.1, -0.05) is 54.1 Å². The Kier molecular flexibility index (Phi) is 5.89. The first-order valence-corrected chi connectivity index (χ1v) is 8.58. The van der Waals surface area contributed by atoms with Crippen LogP contribution >= 0.6 is 11.6 Å². The molecule has 0 bridgehead atoms. The molecule has 0 spiro atoms. The number of carboxylic acids is 1. The van der Waals surface area contributed by atoms with Crippen LogP contribution in [-0.2, 0) is 11.4 Å². The molecular formula is C22H16ClFO3. The lowest BCUT2D eigenvalue weighted by Crippen LogP contribution is -2.01. The van der Waals surface area contributed by atoms with Crippen molar-refractivity contribution < 1.29 is 19.0 Å². The zero-order valence-electron chi connectivity index (χ0n) is 14.2. The molecule has 0 aliphatic rings.